The van der Waals surface area contributed by atoms with E-state index in [1.54, 1.807) is 15.9 Å². The molecule has 2 aromatic rings. The van der Waals surface area contributed by atoms with Crippen LogP contribution in [0, 0.1) is 13.8 Å². The molecule has 22 heavy (non-hydrogen) atoms. The SMILES string of the molecule is CC[C@](C)(NC(=O)CCn1c(C)csc1=O)c1nc(C)cs1. The van der Waals surface area contributed by atoms with Crippen LogP contribution >= 0.6 is 22.7 Å². The molecule has 0 aliphatic heterocycles. The van der Waals surface area contributed by atoms with Gasteiger partial charge in [0.25, 0.3) is 0 Å². The summed E-state index contributed by atoms with van der Waals surface area (Å²) in [6.07, 6.45) is 1.06. The van der Waals surface area contributed by atoms with Gasteiger partial charge in [0.05, 0.1) is 5.54 Å². The molecule has 7 heteroatoms. The Labute approximate surface area is 138 Å². The number of aryl methyl sites for hydroxylation is 2. The van der Waals surface area contributed by atoms with Crippen molar-refractivity contribution in [2.45, 2.75) is 52.6 Å². The highest BCUT2D eigenvalue weighted by atomic mass is 32.1. The highest BCUT2D eigenvalue weighted by molar-refractivity contribution is 7.09. The van der Waals surface area contributed by atoms with Crippen molar-refractivity contribution in [2.75, 3.05) is 0 Å². The summed E-state index contributed by atoms with van der Waals surface area (Å²) < 4.78 is 1.64. The van der Waals surface area contributed by atoms with Gasteiger partial charge >= 0.3 is 4.87 Å². The molecule has 0 aliphatic carbocycles. The summed E-state index contributed by atoms with van der Waals surface area (Å²) in [7, 11) is 0. The molecule has 0 spiro atoms. The van der Waals surface area contributed by atoms with E-state index < -0.39 is 5.54 Å². The van der Waals surface area contributed by atoms with Crippen LogP contribution in [0.1, 0.15) is 43.1 Å². The van der Waals surface area contributed by atoms with Crippen molar-refractivity contribution >= 4 is 28.6 Å². The zero-order chi connectivity index (χ0) is 16.3. The number of carbonyl (C=O) groups excluding carboxylic acids is 1. The Hall–Kier alpha value is -1.47. The van der Waals surface area contributed by atoms with Crippen molar-refractivity contribution < 1.29 is 4.79 Å². The number of hydrogen-bond donors (Lipinski definition) is 1. The van der Waals surface area contributed by atoms with Crippen molar-refractivity contribution in [1.82, 2.24) is 14.9 Å². The lowest BCUT2D eigenvalue weighted by molar-refractivity contribution is -0.123. The second kappa shape index (κ2) is 6.75. The molecule has 1 atom stereocenters. The summed E-state index contributed by atoms with van der Waals surface area (Å²) >= 11 is 2.73. The van der Waals surface area contributed by atoms with Gasteiger partial charge in [0.2, 0.25) is 5.91 Å². The van der Waals surface area contributed by atoms with Crippen LogP contribution in [-0.4, -0.2) is 15.5 Å². The van der Waals surface area contributed by atoms with Gasteiger partial charge in [-0.25, -0.2) is 4.98 Å². The first-order valence-electron chi connectivity index (χ1n) is 7.24. The lowest BCUT2D eigenvalue weighted by Crippen LogP contribution is -2.43. The van der Waals surface area contributed by atoms with Crippen LogP contribution in [0.25, 0.3) is 0 Å². The molecule has 0 saturated heterocycles. The monoisotopic (exact) mass is 339 g/mol. The summed E-state index contributed by atoms with van der Waals surface area (Å²) in [6, 6.07) is 0. The Morgan fingerprint density at radius 1 is 1.36 bits per heavy atom. The molecule has 0 unspecified atom stereocenters. The van der Waals surface area contributed by atoms with Crippen molar-refractivity contribution in [3.05, 3.63) is 36.8 Å². The second-order valence-electron chi connectivity index (χ2n) is 5.57. The van der Waals surface area contributed by atoms with Crippen LogP contribution in [-0.2, 0) is 16.9 Å². The van der Waals surface area contributed by atoms with E-state index in [1.165, 1.54) is 11.3 Å². The zero-order valence-electron chi connectivity index (χ0n) is 13.3. The van der Waals surface area contributed by atoms with Gasteiger partial charge in [-0.1, -0.05) is 18.3 Å². The van der Waals surface area contributed by atoms with E-state index >= 15 is 0 Å². The molecule has 0 saturated carbocycles. The van der Waals surface area contributed by atoms with E-state index in [9.17, 15) is 9.59 Å². The minimum absolute atomic E-state index is 0.0147. The van der Waals surface area contributed by atoms with Gasteiger partial charge < -0.3 is 9.88 Å². The maximum Gasteiger partial charge on any atom is 0.307 e. The number of carbonyl (C=O) groups is 1. The summed E-state index contributed by atoms with van der Waals surface area (Å²) in [5.41, 5.74) is 1.41. The summed E-state index contributed by atoms with van der Waals surface area (Å²) in [5, 5.41) is 7.80. The van der Waals surface area contributed by atoms with Crippen molar-refractivity contribution in [1.29, 1.82) is 0 Å². The first kappa shape index (κ1) is 16.9. The normalized spacial score (nSPS) is 13.8. The van der Waals surface area contributed by atoms with Crippen LogP contribution < -0.4 is 10.2 Å². The van der Waals surface area contributed by atoms with Crippen molar-refractivity contribution in [3.63, 3.8) is 0 Å². The largest absolute Gasteiger partial charge is 0.344 e. The first-order valence-corrected chi connectivity index (χ1v) is 9.00. The third-order valence-electron chi connectivity index (χ3n) is 3.75. The van der Waals surface area contributed by atoms with Crippen molar-refractivity contribution in [3.8, 4) is 0 Å². The molecular formula is C15H21N3O2S2. The Morgan fingerprint density at radius 2 is 2.09 bits per heavy atom. The fourth-order valence-corrected chi connectivity index (χ4v) is 3.91. The Balaban J connectivity index is 2.02. The average molecular weight is 339 g/mol. The molecule has 2 aromatic heterocycles. The van der Waals surface area contributed by atoms with Crippen LogP contribution in [0.4, 0.5) is 0 Å². The van der Waals surface area contributed by atoms with Gasteiger partial charge in [0.1, 0.15) is 5.01 Å². The molecule has 1 amide bonds. The lowest BCUT2D eigenvalue weighted by Gasteiger charge is -2.27. The molecule has 2 rings (SSSR count). The molecule has 1 N–H and O–H groups in total. The summed E-state index contributed by atoms with van der Waals surface area (Å²) in [6.45, 7) is 8.26. The number of rotatable bonds is 6. The molecule has 0 bridgehead atoms. The Morgan fingerprint density at radius 3 is 2.59 bits per heavy atom. The molecule has 0 fully saturated rings. The number of amides is 1. The van der Waals surface area contributed by atoms with E-state index in [-0.39, 0.29) is 17.2 Å². The van der Waals surface area contributed by atoms with Gasteiger partial charge in [0.15, 0.2) is 0 Å². The van der Waals surface area contributed by atoms with Gasteiger partial charge in [0, 0.05) is 35.1 Å². The highest BCUT2D eigenvalue weighted by Crippen LogP contribution is 2.27. The molecule has 0 aliphatic rings. The predicted octanol–water partition coefficient (Wildman–Crippen LogP) is 2.81. The maximum atomic E-state index is 12.3. The highest BCUT2D eigenvalue weighted by Gasteiger charge is 2.29. The second-order valence-corrected chi connectivity index (χ2v) is 7.25. The standard InChI is InChI=1S/C15H21N3O2S2/c1-5-15(4,13-16-10(2)8-21-13)17-12(19)6-7-18-11(3)9-22-14(18)20/h8-9H,5-7H2,1-4H3,(H,17,19)/t15-/m0/s1. The average Bonchev–Trinajstić information content (AvgIpc) is 3.04. The van der Waals surface area contributed by atoms with Crippen LogP contribution in [0.15, 0.2) is 15.6 Å². The van der Waals surface area contributed by atoms with E-state index in [0.717, 1.165) is 22.8 Å². The number of nitrogens with zero attached hydrogens (tertiary/aromatic N) is 2. The number of thiazole rings is 2. The van der Waals surface area contributed by atoms with E-state index in [2.05, 4.69) is 10.3 Å². The van der Waals surface area contributed by atoms with Gasteiger partial charge in [-0.2, -0.15) is 0 Å². The van der Waals surface area contributed by atoms with Gasteiger partial charge in [-0.15, -0.1) is 11.3 Å². The molecule has 0 radical (unpaired) electrons. The zero-order valence-corrected chi connectivity index (χ0v) is 14.9. The Kier molecular flexibility index (Phi) is 5.18. The fraction of sp³-hybridized carbons (Fsp3) is 0.533. The van der Waals surface area contributed by atoms with E-state index in [1.807, 2.05) is 38.5 Å². The minimum atomic E-state index is -0.454. The third kappa shape index (κ3) is 3.64. The molecular weight excluding hydrogens is 318 g/mol. The van der Waals surface area contributed by atoms with Gasteiger partial charge in [-0.05, 0) is 27.2 Å². The van der Waals surface area contributed by atoms with Crippen LogP contribution in [0.2, 0.25) is 0 Å². The summed E-state index contributed by atoms with van der Waals surface area (Å²) in [4.78, 5) is 28.4. The van der Waals surface area contributed by atoms with E-state index in [0.29, 0.717) is 6.54 Å². The maximum absolute atomic E-state index is 12.3. The van der Waals surface area contributed by atoms with Crippen molar-refractivity contribution in [2.24, 2.45) is 0 Å². The molecule has 0 aromatic carbocycles. The fourth-order valence-electron chi connectivity index (χ4n) is 2.16. The Bertz CT molecular complexity index is 716. The van der Waals surface area contributed by atoms with Crippen LogP contribution in [0.5, 0.6) is 0 Å². The molecule has 2 heterocycles. The topological polar surface area (TPSA) is 64.0 Å². The quantitative estimate of drug-likeness (QED) is 0.880. The predicted molar refractivity (Wildman–Crippen MR) is 90.6 cm³/mol. The first-order chi connectivity index (χ1) is 10.4. The van der Waals surface area contributed by atoms with Gasteiger partial charge in [-0.3, -0.25) is 9.59 Å². The third-order valence-corrected chi connectivity index (χ3v) is 5.86. The lowest BCUT2D eigenvalue weighted by atomic mass is 9.99. The number of aromatic nitrogens is 2. The molecule has 5 nitrogen and oxygen atoms in total. The minimum Gasteiger partial charge on any atom is -0.344 e. The van der Waals surface area contributed by atoms with Crippen LogP contribution in [0.3, 0.4) is 0 Å². The number of hydrogen-bond acceptors (Lipinski definition) is 5. The number of nitrogens with one attached hydrogen (secondary N) is 1. The van der Waals surface area contributed by atoms with E-state index in [4.69, 9.17) is 0 Å². The summed E-state index contributed by atoms with van der Waals surface area (Å²) in [5.74, 6) is -0.0605. The molecule has 120 valence electrons. The smallest absolute Gasteiger partial charge is 0.307 e.